The number of likely N-dealkylation sites (tertiary alicyclic amines) is 1. The standard InChI is InChI=1S/C29H32F2N4O4/c30-29(31)21-15-19(16-22(21)29)28(39)35-13-7-5-11-24(35)26(37)34-23(14-18-8-2-1-3-9-18)25(36)27(38)33-17-20-10-4-6-12-32-20/h1-4,6,8-10,12,19,21-24H,5,7,11,13-17H2,(H,33,38)(H,34,37)/t19?,21-,22+,23-,24-/m1/s1. The molecule has 10 heteroatoms. The topological polar surface area (TPSA) is 108 Å². The van der Waals surface area contributed by atoms with Gasteiger partial charge in [0.05, 0.1) is 12.2 Å². The fourth-order valence-electron chi connectivity index (χ4n) is 5.96. The maximum atomic E-state index is 13.7. The van der Waals surface area contributed by atoms with E-state index in [1.54, 1.807) is 48.7 Å². The van der Waals surface area contributed by atoms with Crippen molar-refractivity contribution < 1.29 is 28.0 Å². The highest BCUT2D eigenvalue weighted by molar-refractivity contribution is 6.38. The highest BCUT2D eigenvalue weighted by atomic mass is 19.3. The normalized spacial score (nSPS) is 25.7. The summed E-state index contributed by atoms with van der Waals surface area (Å²) >= 11 is 0. The SMILES string of the molecule is O=C(NCc1ccccn1)C(=O)[C@@H](Cc1ccccc1)NC(=O)[C@H]1CCCCN1C(=O)C1C[C@@H]2[C@H](C1)C2(F)F. The maximum absolute atomic E-state index is 13.7. The number of carbonyl (C=O) groups excluding carboxylic acids is 4. The molecule has 2 heterocycles. The van der Waals surface area contributed by atoms with Crippen LogP contribution < -0.4 is 10.6 Å². The van der Waals surface area contributed by atoms with Crippen molar-refractivity contribution in [2.75, 3.05) is 6.54 Å². The number of benzene rings is 1. The molecule has 5 atom stereocenters. The summed E-state index contributed by atoms with van der Waals surface area (Å²) in [6.45, 7) is 0.422. The smallest absolute Gasteiger partial charge is 0.289 e. The van der Waals surface area contributed by atoms with Gasteiger partial charge in [0.15, 0.2) is 0 Å². The first kappa shape index (κ1) is 26.9. The van der Waals surface area contributed by atoms with Crippen molar-refractivity contribution in [3.05, 3.63) is 66.0 Å². The number of nitrogens with zero attached hydrogens (tertiary/aromatic N) is 2. The largest absolute Gasteiger partial charge is 0.344 e. The Bertz CT molecular complexity index is 1210. The van der Waals surface area contributed by atoms with Crippen molar-refractivity contribution in [1.82, 2.24) is 20.5 Å². The molecule has 5 rings (SSSR count). The lowest BCUT2D eigenvalue weighted by molar-refractivity contribution is -0.147. The summed E-state index contributed by atoms with van der Waals surface area (Å²) in [7, 11) is 0. The molecule has 1 saturated heterocycles. The first-order chi connectivity index (χ1) is 18.8. The van der Waals surface area contributed by atoms with E-state index in [-0.39, 0.29) is 31.7 Å². The molecule has 1 aromatic carbocycles. The average Bonchev–Trinajstić information content (AvgIpc) is 3.27. The highest BCUT2D eigenvalue weighted by Gasteiger charge is 2.72. The van der Waals surface area contributed by atoms with Crippen molar-refractivity contribution in [1.29, 1.82) is 0 Å². The number of nitrogens with one attached hydrogen (secondary N) is 2. The van der Waals surface area contributed by atoms with Gasteiger partial charge in [-0.2, -0.15) is 0 Å². The van der Waals surface area contributed by atoms with Crippen LogP contribution in [-0.2, 0) is 32.1 Å². The zero-order valence-electron chi connectivity index (χ0n) is 21.5. The molecule has 3 aliphatic rings. The second-order valence-electron chi connectivity index (χ2n) is 10.7. The van der Waals surface area contributed by atoms with Crippen molar-refractivity contribution in [2.45, 2.75) is 63.1 Å². The van der Waals surface area contributed by atoms with Gasteiger partial charge in [0.25, 0.3) is 11.8 Å². The number of aromatic nitrogens is 1. The van der Waals surface area contributed by atoms with Crippen molar-refractivity contribution >= 4 is 23.5 Å². The van der Waals surface area contributed by atoms with E-state index in [2.05, 4.69) is 15.6 Å². The van der Waals surface area contributed by atoms with Crippen LogP contribution in [0.4, 0.5) is 8.78 Å². The van der Waals surface area contributed by atoms with E-state index in [9.17, 15) is 28.0 Å². The third kappa shape index (κ3) is 5.84. The van der Waals surface area contributed by atoms with Gasteiger partial charge in [0.2, 0.25) is 17.6 Å². The molecule has 1 aliphatic heterocycles. The number of hydrogen-bond acceptors (Lipinski definition) is 5. The fraction of sp³-hybridized carbons (Fsp3) is 0.483. The highest BCUT2D eigenvalue weighted by Crippen LogP contribution is 2.65. The van der Waals surface area contributed by atoms with Crippen LogP contribution in [0.3, 0.4) is 0 Å². The molecule has 2 N–H and O–H groups in total. The third-order valence-corrected chi connectivity index (χ3v) is 8.18. The Balaban J connectivity index is 1.26. The number of Topliss-reactive ketones (excluding diaryl/α,β-unsaturated/α-hetero) is 1. The van der Waals surface area contributed by atoms with Crippen LogP contribution in [0.1, 0.15) is 43.4 Å². The van der Waals surface area contributed by atoms with E-state index >= 15 is 0 Å². The van der Waals surface area contributed by atoms with Gasteiger partial charge >= 0.3 is 0 Å². The molecule has 0 spiro atoms. The number of piperidine rings is 1. The van der Waals surface area contributed by atoms with Gasteiger partial charge in [-0.1, -0.05) is 36.4 Å². The Hall–Kier alpha value is -3.69. The minimum absolute atomic E-state index is 0.0603. The molecule has 0 bridgehead atoms. The summed E-state index contributed by atoms with van der Waals surface area (Å²) in [5, 5.41) is 5.31. The number of rotatable bonds is 9. The summed E-state index contributed by atoms with van der Waals surface area (Å²) in [5.74, 6) is -7.06. The molecule has 0 radical (unpaired) electrons. The molecule has 3 amide bonds. The molecule has 2 aromatic rings. The number of carbonyl (C=O) groups is 4. The average molecular weight is 539 g/mol. The van der Waals surface area contributed by atoms with E-state index in [0.717, 1.165) is 12.0 Å². The molecular formula is C29H32F2N4O4. The van der Waals surface area contributed by atoms with E-state index in [1.165, 1.54) is 4.90 Å². The molecule has 206 valence electrons. The molecule has 2 aliphatic carbocycles. The first-order valence-corrected chi connectivity index (χ1v) is 13.5. The first-order valence-electron chi connectivity index (χ1n) is 13.5. The Morgan fingerprint density at radius 3 is 2.41 bits per heavy atom. The van der Waals surface area contributed by atoms with E-state index in [1.807, 2.05) is 6.07 Å². The van der Waals surface area contributed by atoms with Crippen molar-refractivity contribution in [2.24, 2.45) is 17.8 Å². The lowest BCUT2D eigenvalue weighted by Gasteiger charge is -2.37. The van der Waals surface area contributed by atoms with Crippen LogP contribution in [0.5, 0.6) is 0 Å². The number of halogens is 2. The van der Waals surface area contributed by atoms with Crippen molar-refractivity contribution in [3.63, 3.8) is 0 Å². The Kier molecular flexibility index (Phi) is 7.72. The van der Waals surface area contributed by atoms with Crippen LogP contribution in [0.2, 0.25) is 0 Å². The zero-order chi connectivity index (χ0) is 27.6. The van der Waals surface area contributed by atoms with Crippen LogP contribution >= 0.6 is 0 Å². The second kappa shape index (κ2) is 11.2. The predicted octanol–water partition coefficient (Wildman–Crippen LogP) is 2.67. The Morgan fingerprint density at radius 1 is 1.00 bits per heavy atom. The third-order valence-electron chi connectivity index (χ3n) is 8.18. The van der Waals surface area contributed by atoms with Gasteiger partial charge in [0, 0.05) is 36.9 Å². The maximum Gasteiger partial charge on any atom is 0.289 e. The molecule has 1 unspecified atom stereocenters. The summed E-state index contributed by atoms with van der Waals surface area (Å²) in [6.07, 6.45) is 3.82. The molecule has 2 saturated carbocycles. The van der Waals surface area contributed by atoms with E-state index < -0.39 is 53.4 Å². The van der Waals surface area contributed by atoms with Crippen LogP contribution in [0.25, 0.3) is 0 Å². The number of fused-ring (bicyclic) bond motifs is 1. The molecule has 1 aromatic heterocycles. The lowest BCUT2D eigenvalue weighted by atomic mass is 9.94. The van der Waals surface area contributed by atoms with Crippen LogP contribution in [0, 0.1) is 17.8 Å². The van der Waals surface area contributed by atoms with Gasteiger partial charge in [-0.05, 0) is 49.8 Å². The summed E-state index contributed by atoms with van der Waals surface area (Å²) in [5.41, 5.74) is 1.34. The number of alkyl halides is 2. The fourth-order valence-corrected chi connectivity index (χ4v) is 5.96. The Morgan fingerprint density at radius 2 is 1.72 bits per heavy atom. The lowest BCUT2D eigenvalue weighted by Crippen LogP contribution is -2.57. The zero-order valence-corrected chi connectivity index (χ0v) is 21.5. The predicted molar refractivity (Wildman–Crippen MR) is 137 cm³/mol. The van der Waals surface area contributed by atoms with Gasteiger partial charge < -0.3 is 15.5 Å². The number of ketones is 1. The summed E-state index contributed by atoms with van der Waals surface area (Å²) in [4.78, 5) is 58.4. The summed E-state index contributed by atoms with van der Waals surface area (Å²) < 4.78 is 27.4. The second-order valence-corrected chi connectivity index (χ2v) is 10.7. The minimum Gasteiger partial charge on any atom is -0.344 e. The Labute approximate surface area is 225 Å². The molecule has 8 nitrogen and oxygen atoms in total. The summed E-state index contributed by atoms with van der Waals surface area (Å²) in [6, 6.07) is 12.3. The molecule has 39 heavy (non-hydrogen) atoms. The quantitative estimate of drug-likeness (QED) is 0.478. The van der Waals surface area contributed by atoms with Crippen LogP contribution in [0.15, 0.2) is 54.7 Å². The van der Waals surface area contributed by atoms with Gasteiger partial charge in [-0.25, -0.2) is 8.78 Å². The molecule has 3 fully saturated rings. The minimum atomic E-state index is -2.67. The number of hydrogen-bond donors (Lipinski definition) is 2. The monoisotopic (exact) mass is 538 g/mol. The molecular weight excluding hydrogens is 506 g/mol. The van der Waals surface area contributed by atoms with Crippen molar-refractivity contribution in [3.8, 4) is 0 Å². The van der Waals surface area contributed by atoms with Gasteiger partial charge in [0.1, 0.15) is 12.1 Å². The van der Waals surface area contributed by atoms with Gasteiger partial charge in [-0.3, -0.25) is 24.2 Å². The van der Waals surface area contributed by atoms with E-state index in [0.29, 0.717) is 25.1 Å². The number of pyridine rings is 1. The van der Waals surface area contributed by atoms with Gasteiger partial charge in [-0.15, -0.1) is 0 Å². The number of amides is 3. The van der Waals surface area contributed by atoms with Crippen LogP contribution in [-0.4, -0.2) is 57.9 Å². The van der Waals surface area contributed by atoms with E-state index in [4.69, 9.17) is 0 Å².